The zero-order valence-corrected chi connectivity index (χ0v) is 9.10. The fourth-order valence-electron chi connectivity index (χ4n) is 1.83. The summed E-state index contributed by atoms with van der Waals surface area (Å²) in [6.45, 7) is -0.135. The summed E-state index contributed by atoms with van der Waals surface area (Å²) in [6.07, 6.45) is -2.68. The van der Waals surface area contributed by atoms with Crippen molar-refractivity contribution in [3.05, 3.63) is 0 Å². The highest BCUT2D eigenvalue weighted by Gasteiger charge is 2.32. The molecule has 1 aliphatic heterocycles. The van der Waals surface area contributed by atoms with Gasteiger partial charge in [-0.2, -0.15) is 13.2 Å². The van der Waals surface area contributed by atoms with Crippen LogP contribution in [0.1, 0.15) is 12.8 Å². The highest BCUT2D eigenvalue weighted by Crippen LogP contribution is 2.17. The highest BCUT2D eigenvalue weighted by atomic mass is 19.4. The first-order valence-electron chi connectivity index (χ1n) is 5.20. The largest absolute Gasteiger partial charge is 0.405 e. The lowest BCUT2D eigenvalue weighted by molar-refractivity contribution is -0.123. The first-order valence-corrected chi connectivity index (χ1v) is 5.20. The van der Waals surface area contributed by atoms with Gasteiger partial charge < -0.3 is 15.5 Å². The SMILES string of the molecule is CNCC1CCCN1C(=O)NCC(F)(F)F. The van der Waals surface area contributed by atoms with E-state index in [2.05, 4.69) is 5.32 Å². The van der Waals surface area contributed by atoms with E-state index in [-0.39, 0.29) is 6.04 Å². The zero-order valence-electron chi connectivity index (χ0n) is 9.10. The Labute approximate surface area is 92.2 Å². The van der Waals surface area contributed by atoms with Gasteiger partial charge in [-0.25, -0.2) is 4.79 Å². The maximum atomic E-state index is 11.9. The number of likely N-dealkylation sites (N-methyl/N-ethyl adjacent to an activating group) is 1. The fraction of sp³-hybridized carbons (Fsp3) is 0.889. The second-order valence-electron chi connectivity index (χ2n) is 3.82. The molecule has 7 heteroatoms. The first-order chi connectivity index (χ1) is 7.44. The molecule has 1 saturated heterocycles. The third-order valence-electron chi connectivity index (χ3n) is 2.52. The lowest BCUT2D eigenvalue weighted by Gasteiger charge is -2.25. The maximum absolute atomic E-state index is 11.9. The number of hydrogen-bond donors (Lipinski definition) is 2. The van der Waals surface area contributed by atoms with E-state index >= 15 is 0 Å². The number of urea groups is 1. The highest BCUT2D eigenvalue weighted by molar-refractivity contribution is 5.74. The molecule has 1 unspecified atom stereocenters. The van der Waals surface area contributed by atoms with Gasteiger partial charge in [0.2, 0.25) is 0 Å². The van der Waals surface area contributed by atoms with Crippen molar-refractivity contribution in [1.82, 2.24) is 15.5 Å². The van der Waals surface area contributed by atoms with Crippen molar-refractivity contribution in [1.29, 1.82) is 0 Å². The molecule has 4 nitrogen and oxygen atoms in total. The van der Waals surface area contributed by atoms with Gasteiger partial charge in [0.1, 0.15) is 6.54 Å². The number of alkyl halides is 3. The van der Waals surface area contributed by atoms with Crippen molar-refractivity contribution in [2.75, 3.05) is 26.7 Å². The Morgan fingerprint density at radius 1 is 1.50 bits per heavy atom. The van der Waals surface area contributed by atoms with Crippen molar-refractivity contribution in [2.45, 2.75) is 25.1 Å². The van der Waals surface area contributed by atoms with Crippen LogP contribution in [0, 0.1) is 0 Å². The molecule has 2 amide bonds. The molecule has 0 aromatic heterocycles. The number of carbonyl (C=O) groups is 1. The Kier molecular flexibility index (Phi) is 4.40. The van der Waals surface area contributed by atoms with Gasteiger partial charge in [-0.1, -0.05) is 0 Å². The minimum atomic E-state index is -4.35. The van der Waals surface area contributed by atoms with Crippen LogP contribution in [0.15, 0.2) is 0 Å². The van der Waals surface area contributed by atoms with Crippen LogP contribution < -0.4 is 10.6 Å². The van der Waals surface area contributed by atoms with Gasteiger partial charge in [-0.05, 0) is 19.9 Å². The van der Waals surface area contributed by atoms with Crippen molar-refractivity contribution < 1.29 is 18.0 Å². The number of rotatable bonds is 3. The van der Waals surface area contributed by atoms with E-state index in [0.29, 0.717) is 13.1 Å². The number of likely N-dealkylation sites (tertiary alicyclic amines) is 1. The average Bonchev–Trinajstić information content (AvgIpc) is 2.62. The summed E-state index contributed by atoms with van der Waals surface area (Å²) >= 11 is 0. The van der Waals surface area contributed by atoms with E-state index < -0.39 is 18.8 Å². The van der Waals surface area contributed by atoms with Crippen LogP contribution in [-0.4, -0.2) is 49.8 Å². The Hall–Kier alpha value is -0.980. The van der Waals surface area contributed by atoms with Crippen LogP contribution in [0.25, 0.3) is 0 Å². The number of halogens is 3. The third-order valence-corrected chi connectivity index (χ3v) is 2.52. The quantitative estimate of drug-likeness (QED) is 0.770. The normalized spacial score (nSPS) is 21.2. The molecule has 1 rings (SSSR count). The molecule has 1 heterocycles. The summed E-state index contributed by atoms with van der Waals surface area (Å²) in [4.78, 5) is 12.9. The van der Waals surface area contributed by atoms with E-state index in [9.17, 15) is 18.0 Å². The van der Waals surface area contributed by atoms with Crippen molar-refractivity contribution in [3.63, 3.8) is 0 Å². The number of hydrogen-bond acceptors (Lipinski definition) is 2. The van der Waals surface area contributed by atoms with Gasteiger partial charge >= 0.3 is 12.2 Å². The molecular weight excluding hydrogens is 223 g/mol. The van der Waals surface area contributed by atoms with Crippen molar-refractivity contribution in [3.8, 4) is 0 Å². The molecule has 0 aromatic rings. The lowest BCUT2D eigenvalue weighted by atomic mass is 10.2. The molecule has 0 aromatic carbocycles. The van der Waals surface area contributed by atoms with E-state index in [1.165, 1.54) is 4.90 Å². The average molecular weight is 239 g/mol. The second kappa shape index (κ2) is 5.38. The summed E-state index contributed by atoms with van der Waals surface area (Å²) in [6, 6.07) is -0.631. The van der Waals surface area contributed by atoms with E-state index in [1.54, 1.807) is 7.05 Å². The molecule has 0 bridgehead atoms. The van der Waals surface area contributed by atoms with Gasteiger partial charge in [-0.15, -0.1) is 0 Å². The maximum Gasteiger partial charge on any atom is 0.405 e. The fourth-order valence-corrected chi connectivity index (χ4v) is 1.83. The molecular formula is C9H16F3N3O. The van der Waals surface area contributed by atoms with E-state index in [4.69, 9.17) is 0 Å². The second-order valence-corrected chi connectivity index (χ2v) is 3.82. The lowest BCUT2D eigenvalue weighted by Crippen LogP contribution is -2.48. The van der Waals surface area contributed by atoms with Crippen LogP contribution >= 0.6 is 0 Å². The standard InChI is InChI=1S/C9H16F3N3O/c1-13-5-7-3-2-4-15(7)8(16)14-6-9(10,11)12/h7,13H,2-6H2,1H3,(H,14,16). The number of nitrogens with one attached hydrogen (secondary N) is 2. The van der Waals surface area contributed by atoms with E-state index in [0.717, 1.165) is 12.8 Å². The van der Waals surface area contributed by atoms with Crippen LogP contribution in [0.2, 0.25) is 0 Å². The van der Waals surface area contributed by atoms with E-state index in [1.807, 2.05) is 5.32 Å². The van der Waals surface area contributed by atoms with Crippen molar-refractivity contribution >= 4 is 6.03 Å². The summed E-state index contributed by atoms with van der Waals surface area (Å²) in [5.74, 6) is 0. The van der Waals surface area contributed by atoms with Crippen LogP contribution in [0.5, 0.6) is 0 Å². The molecule has 2 N–H and O–H groups in total. The van der Waals surface area contributed by atoms with Crippen LogP contribution in [0.3, 0.4) is 0 Å². The van der Waals surface area contributed by atoms with Gasteiger partial charge in [0.25, 0.3) is 0 Å². The van der Waals surface area contributed by atoms with Gasteiger partial charge in [0, 0.05) is 19.1 Å². The molecule has 0 aliphatic carbocycles. The Balaban J connectivity index is 2.40. The smallest absolute Gasteiger partial charge is 0.329 e. The molecule has 0 saturated carbocycles. The Morgan fingerprint density at radius 3 is 2.75 bits per heavy atom. The van der Waals surface area contributed by atoms with Crippen LogP contribution in [-0.2, 0) is 0 Å². The van der Waals surface area contributed by atoms with Gasteiger partial charge in [0.15, 0.2) is 0 Å². The number of amides is 2. The van der Waals surface area contributed by atoms with Crippen LogP contribution in [0.4, 0.5) is 18.0 Å². The topological polar surface area (TPSA) is 44.4 Å². The minimum absolute atomic E-state index is 0.00164. The molecule has 94 valence electrons. The molecule has 1 aliphatic rings. The first kappa shape index (κ1) is 13.1. The molecule has 16 heavy (non-hydrogen) atoms. The summed E-state index contributed by atoms with van der Waals surface area (Å²) in [7, 11) is 1.75. The molecule has 0 spiro atoms. The summed E-state index contributed by atoms with van der Waals surface area (Å²) in [5, 5.41) is 4.81. The molecule has 1 atom stereocenters. The van der Waals surface area contributed by atoms with Gasteiger partial charge in [0.05, 0.1) is 0 Å². The molecule has 0 radical (unpaired) electrons. The number of nitrogens with zero attached hydrogens (tertiary/aromatic N) is 1. The predicted molar refractivity (Wildman–Crippen MR) is 53.1 cm³/mol. The third kappa shape index (κ3) is 3.88. The Bertz CT molecular complexity index is 245. The summed E-state index contributed by atoms with van der Waals surface area (Å²) < 4.78 is 35.7. The predicted octanol–water partition coefficient (Wildman–Crippen LogP) is 0.942. The minimum Gasteiger partial charge on any atom is -0.329 e. The number of carbonyl (C=O) groups excluding carboxylic acids is 1. The van der Waals surface area contributed by atoms with Gasteiger partial charge in [-0.3, -0.25) is 0 Å². The molecule has 1 fully saturated rings. The Morgan fingerprint density at radius 2 is 2.19 bits per heavy atom. The summed E-state index contributed by atoms with van der Waals surface area (Å²) in [5.41, 5.74) is 0. The zero-order chi connectivity index (χ0) is 12.2. The van der Waals surface area contributed by atoms with Crippen molar-refractivity contribution in [2.24, 2.45) is 0 Å². The monoisotopic (exact) mass is 239 g/mol.